The fourth-order valence-electron chi connectivity index (χ4n) is 2.47. The number of nitrogens with zero attached hydrogens (tertiary/aromatic N) is 2. The summed E-state index contributed by atoms with van der Waals surface area (Å²) in [5.41, 5.74) is 0.490. The van der Waals surface area contributed by atoms with E-state index in [9.17, 15) is 18.4 Å². The average Bonchev–Trinajstić information content (AvgIpc) is 3.04. The average molecular weight is 375 g/mol. The van der Waals surface area contributed by atoms with Gasteiger partial charge in [-0.3, -0.25) is 9.59 Å². The Hall–Kier alpha value is -2.86. The number of benzene rings is 2. The lowest BCUT2D eigenvalue weighted by Crippen LogP contribution is -2.15. The first kappa shape index (κ1) is 17.9. The van der Waals surface area contributed by atoms with Crippen LogP contribution in [0.4, 0.5) is 8.78 Å². The molecular weight excluding hydrogens is 362 g/mol. The molecule has 7 heteroatoms. The molecule has 26 heavy (non-hydrogen) atoms. The van der Waals surface area contributed by atoms with Gasteiger partial charge in [0, 0.05) is 28.5 Å². The number of aromatic nitrogens is 2. The number of imidazole rings is 1. The van der Waals surface area contributed by atoms with Crippen molar-refractivity contribution in [3.05, 3.63) is 88.5 Å². The first-order valence-electron chi connectivity index (χ1n) is 7.71. The van der Waals surface area contributed by atoms with Gasteiger partial charge in [-0.15, -0.1) is 0 Å². The van der Waals surface area contributed by atoms with Crippen LogP contribution in [0.3, 0.4) is 0 Å². The van der Waals surface area contributed by atoms with Crippen LogP contribution in [0, 0.1) is 11.6 Å². The van der Waals surface area contributed by atoms with Gasteiger partial charge in [0.25, 0.3) is 0 Å². The number of ketones is 2. The van der Waals surface area contributed by atoms with E-state index in [1.165, 1.54) is 16.8 Å². The van der Waals surface area contributed by atoms with E-state index in [-0.39, 0.29) is 24.3 Å². The molecule has 0 aliphatic rings. The van der Waals surface area contributed by atoms with Crippen LogP contribution in [0.5, 0.6) is 0 Å². The van der Waals surface area contributed by atoms with Crippen LogP contribution in [0.1, 0.15) is 26.5 Å². The molecule has 0 aliphatic carbocycles. The van der Waals surface area contributed by atoms with Crippen molar-refractivity contribution in [2.75, 3.05) is 0 Å². The second-order valence-corrected chi connectivity index (χ2v) is 6.07. The van der Waals surface area contributed by atoms with Gasteiger partial charge in [0.2, 0.25) is 0 Å². The van der Waals surface area contributed by atoms with E-state index in [2.05, 4.69) is 4.98 Å². The van der Waals surface area contributed by atoms with Crippen molar-refractivity contribution in [3.63, 3.8) is 0 Å². The molecule has 0 unspecified atom stereocenters. The van der Waals surface area contributed by atoms with E-state index in [0.717, 1.165) is 12.1 Å². The maximum atomic E-state index is 13.3. The number of carbonyl (C=O) groups is 2. The lowest BCUT2D eigenvalue weighted by atomic mass is 10.1. The summed E-state index contributed by atoms with van der Waals surface area (Å²) in [6.07, 6.45) is 3.01. The SMILES string of the molecule is O=C(Cc1nccn1CC(=O)c1ccc(F)c(F)c1)c1cccc(Cl)c1. The summed E-state index contributed by atoms with van der Waals surface area (Å²) in [7, 11) is 0. The van der Waals surface area contributed by atoms with E-state index in [4.69, 9.17) is 11.6 Å². The lowest BCUT2D eigenvalue weighted by Gasteiger charge is -2.08. The zero-order chi connectivity index (χ0) is 18.7. The number of Topliss-reactive ketones (excluding diaryl/α,β-unsaturated/α-hetero) is 2. The maximum Gasteiger partial charge on any atom is 0.182 e. The van der Waals surface area contributed by atoms with Crippen molar-refractivity contribution in [2.45, 2.75) is 13.0 Å². The highest BCUT2D eigenvalue weighted by Crippen LogP contribution is 2.14. The Kier molecular flexibility index (Phi) is 5.23. The molecule has 0 atom stereocenters. The van der Waals surface area contributed by atoms with Crippen LogP contribution in [0.25, 0.3) is 0 Å². The highest BCUT2D eigenvalue weighted by Gasteiger charge is 2.15. The molecule has 3 rings (SSSR count). The monoisotopic (exact) mass is 374 g/mol. The normalized spacial score (nSPS) is 10.7. The van der Waals surface area contributed by atoms with Crippen molar-refractivity contribution >= 4 is 23.2 Å². The van der Waals surface area contributed by atoms with Crippen LogP contribution >= 0.6 is 11.6 Å². The van der Waals surface area contributed by atoms with Gasteiger partial charge in [-0.25, -0.2) is 13.8 Å². The van der Waals surface area contributed by atoms with Crippen LogP contribution in [-0.2, 0) is 13.0 Å². The Balaban J connectivity index is 1.75. The van der Waals surface area contributed by atoms with E-state index in [1.807, 2.05) is 0 Å². The third-order valence-corrected chi connectivity index (χ3v) is 4.06. The molecule has 1 aromatic heterocycles. The molecule has 1 heterocycles. The summed E-state index contributed by atoms with van der Waals surface area (Å²) in [6.45, 7) is -0.136. The smallest absolute Gasteiger partial charge is 0.182 e. The summed E-state index contributed by atoms with van der Waals surface area (Å²) in [5, 5.41) is 0.452. The molecule has 3 aromatic rings. The summed E-state index contributed by atoms with van der Waals surface area (Å²) in [4.78, 5) is 28.8. The molecule has 2 aromatic carbocycles. The van der Waals surface area contributed by atoms with Crippen molar-refractivity contribution < 1.29 is 18.4 Å². The minimum atomic E-state index is -1.09. The summed E-state index contributed by atoms with van der Waals surface area (Å²) >= 11 is 5.89. The van der Waals surface area contributed by atoms with E-state index in [1.54, 1.807) is 30.5 Å². The molecule has 0 amide bonds. The quantitative estimate of drug-likeness (QED) is 0.610. The Morgan fingerprint density at radius 1 is 1.00 bits per heavy atom. The van der Waals surface area contributed by atoms with Gasteiger partial charge in [-0.2, -0.15) is 0 Å². The predicted octanol–water partition coefficient (Wildman–Crippen LogP) is 4.12. The second-order valence-electron chi connectivity index (χ2n) is 5.63. The van der Waals surface area contributed by atoms with Crippen LogP contribution < -0.4 is 0 Å². The zero-order valence-corrected chi connectivity index (χ0v) is 14.2. The van der Waals surface area contributed by atoms with Gasteiger partial charge in [-0.1, -0.05) is 23.7 Å². The van der Waals surface area contributed by atoms with Gasteiger partial charge in [0.05, 0.1) is 13.0 Å². The lowest BCUT2D eigenvalue weighted by molar-refractivity contribution is 0.0957. The van der Waals surface area contributed by atoms with Crippen LogP contribution in [0.2, 0.25) is 5.02 Å². The number of hydrogen-bond acceptors (Lipinski definition) is 3. The molecule has 0 N–H and O–H groups in total. The standard InChI is InChI=1S/C19H13ClF2N2O2/c20-14-3-1-2-12(8-14)17(25)10-19-23-6-7-24(19)11-18(26)13-4-5-15(21)16(22)9-13/h1-9H,10-11H2. The molecule has 0 spiro atoms. The summed E-state index contributed by atoms with van der Waals surface area (Å²) < 4.78 is 27.8. The van der Waals surface area contributed by atoms with Crippen molar-refractivity contribution in [2.24, 2.45) is 0 Å². The van der Waals surface area contributed by atoms with Gasteiger partial charge < -0.3 is 4.57 Å². The molecule has 4 nitrogen and oxygen atoms in total. The Morgan fingerprint density at radius 3 is 2.50 bits per heavy atom. The summed E-state index contributed by atoms with van der Waals surface area (Å²) in [6, 6.07) is 9.52. The first-order valence-corrected chi connectivity index (χ1v) is 8.09. The predicted molar refractivity (Wildman–Crippen MR) is 92.4 cm³/mol. The first-order chi connectivity index (χ1) is 12.4. The topological polar surface area (TPSA) is 52.0 Å². The molecule has 0 saturated heterocycles. The molecule has 0 fully saturated rings. The fraction of sp³-hybridized carbons (Fsp3) is 0.105. The minimum Gasteiger partial charge on any atom is -0.327 e. The second kappa shape index (κ2) is 7.58. The number of rotatable bonds is 6. The number of halogens is 3. The Labute approximate surface area is 153 Å². The number of hydrogen-bond donors (Lipinski definition) is 0. The van der Waals surface area contributed by atoms with E-state index >= 15 is 0 Å². The third-order valence-electron chi connectivity index (χ3n) is 3.82. The number of carbonyl (C=O) groups excluding carboxylic acids is 2. The molecule has 0 bridgehead atoms. The molecule has 132 valence electrons. The van der Waals surface area contributed by atoms with Crippen molar-refractivity contribution in [1.82, 2.24) is 9.55 Å². The molecule has 0 aliphatic heterocycles. The largest absolute Gasteiger partial charge is 0.327 e. The summed E-state index contributed by atoms with van der Waals surface area (Å²) in [5.74, 6) is -2.32. The highest BCUT2D eigenvalue weighted by atomic mass is 35.5. The van der Waals surface area contributed by atoms with E-state index in [0.29, 0.717) is 16.4 Å². The van der Waals surface area contributed by atoms with Crippen molar-refractivity contribution in [1.29, 1.82) is 0 Å². The maximum absolute atomic E-state index is 13.3. The fourth-order valence-corrected chi connectivity index (χ4v) is 2.66. The van der Waals surface area contributed by atoms with Gasteiger partial charge in [0.1, 0.15) is 5.82 Å². The van der Waals surface area contributed by atoms with Gasteiger partial charge in [-0.05, 0) is 30.3 Å². The van der Waals surface area contributed by atoms with Crippen LogP contribution in [-0.4, -0.2) is 21.1 Å². The minimum absolute atomic E-state index is 0.0155. The van der Waals surface area contributed by atoms with Crippen molar-refractivity contribution in [3.8, 4) is 0 Å². The van der Waals surface area contributed by atoms with E-state index < -0.39 is 17.4 Å². The zero-order valence-electron chi connectivity index (χ0n) is 13.5. The Bertz CT molecular complexity index is 985. The Morgan fingerprint density at radius 2 is 1.77 bits per heavy atom. The van der Waals surface area contributed by atoms with Crippen LogP contribution in [0.15, 0.2) is 54.9 Å². The molecular formula is C19H13ClF2N2O2. The highest BCUT2D eigenvalue weighted by molar-refractivity contribution is 6.31. The van der Waals surface area contributed by atoms with Gasteiger partial charge >= 0.3 is 0 Å². The molecule has 0 radical (unpaired) electrons. The third kappa shape index (κ3) is 4.03. The molecule has 0 saturated carbocycles. The van der Waals surface area contributed by atoms with Gasteiger partial charge in [0.15, 0.2) is 23.2 Å².